The highest BCUT2D eigenvalue weighted by Crippen LogP contribution is 2.23. The zero-order valence-corrected chi connectivity index (χ0v) is 16.1. The summed E-state index contributed by atoms with van der Waals surface area (Å²) in [5, 5.41) is 14.1. The third-order valence-electron chi connectivity index (χ3n) is 4.64. The molecular formula is C18H20N4O5S. The van der Waals surface area contributed by atoms with Crippen LogP contribution >= 0.6 is 11.8 Å². The van der Waals surface area contributed by atoms with E-state index in [0.29, 0.717) is 25.2 Å². The average molecular weight is 404 g/mol. The van der Waals surface area contributed by atoms with E-state index >= 15 is 0 Å². The lowest BCUT2D eigenvalue weighted by Crippen LogP contribution is -2.41. The molecule has 0 aromatic carbocycles. The topological polar surface area (TPSA) is 119 Å². The normalized spacial score (nSPS) is 14.7. The number of nitrogens with zero attached hydrogens (tertiary/aromatic N) is 3. The lowest BCUT2D eigenvalue weighted by atomic mass is 9.96. The second kappa shape index (κ2) is 8.87. The Kier molecular flexibility index (Phi) is 6.30. The van der Waals surface area contributed by atoms with Crippen LogP contribution in [0, 0.1) is 16.0 Å². The standard InChI is InChI=1S/C18H20N4O5S/c1-28-17-13(3-2-8-19-17)18(24)21-9-6-12(7-10-21)11-20-16(23)14-4-5-15(27-14)22(25)26/h2-5,8,12H,6-7,9-11H2,1H3,(H,20,23). The van der Waals surface area contributed by atoms with E-state index < -0.39 is 16.7 Å². The molecule has 10 heteroatoms. The highest BCUT2D eigenvalue weighted by molar-refractivity contribution is 7.98. The van der Waals surface area contributed by atoms with Crippen LogP contribution in [-0.4, -0.2) is 52.5 Å². The Labute approximate surface area is 165 Å². The van der Waals surface area contributed by atoms with Crippen LogP contribution < -0.4 is 5.32 Å². The van der Waals surface area contributed by atoms with Crippen LogP contribution in [-0.2, 0) is 0 Å². The summed E-state index contributed by atoms with van der Waals surface area (Å²) >= 11 is 1.44. The van der Waals surface area contributed by atoms with Crippen molar-refractivity contribution in [1.29, 1.82) is 0 Å². The van der Waals surface area contributed by atoms with Crippen LogP contribution in [0.1, 0.15) is 33.8 Å². The largest absolute Gasteiger partial charge is 0.433 e. The van der Waals surface area contributed by atoms with Gasteiger partial charge in [-0.15, -0.1) is 11.8 Å². The van der Waals surface area contributed by atoms with Crippen molar-refractivity contribution in [2.45, 2.75) is 17.9 Å². The Bertz CT molecular complexity index is 876. The van der Waals surface area contributed by atoms with Gasteiger partial charge in [-0.2, -0.15) is 0 Å². The molecule has 1 aliphatic heterocycles. The zero-order valence-electron chi connectivity index (χ0n) is 15.3. The van der Waals surface area contributed by atoms with Crippen LogP contribution in [0.25, 0.3) is 0 Å². The third-order valence-corrected chi connectivity index (χ3v) is 5.36. The minimum atomic E-state index is -0.686. The number of pyridine rings is 1. The number of piperidine rings is 1. The van der Waals surface area contributed by atoms with Gasteiger partial charge < -0.3 is 14.6 Å². The lowest BCUT2D eigenvalue weighted by molar-refractivity contribution is -0.402. The molecule has 0 saturated carbocycles. The number of nitrogens with one attached hydrogen (secondary N) is 1. The molecule has 1 fully saturated rings. The summed E-state index contributed by atoms with van der Waals surface area (Å²) < 4.78 is 4.89. The van der Waals surface area contributed by atoms with Crippen LogP contribution in [0.15, 0.2) is 39.9 Å². The van der Waals surface area contributed by atoms with Gasteiger partial charge in [0.25, 0.3) is 11.8 Å². The third kappa shape index (κ3) is 4.50. The van der Waals surface area contributed by atoms with E-state index in [0.717, 1.165) is 23.9 Å². The molecule has 1 N–H and O–H groups in total. The molecule has 2 aromatic heterocycles. The Morgan fingerprint density at radius 3 is 2.75 bits per heavy atom. The molecule has 1 aliphatic rings. The van der Waals surface area contributed by atoms with Crippen molar-refractivity contribution in [3.8, 4) is 0 Å². The van der Waals surface area contributed by atoms with Crippen molar-refractivity contribution in [2.24, 2.45) is 5.92 Å². The number of hydrogen-bond acceptors (Lipinski definition) is 7. The number of hydrogen-bond donors (Lipinski definition) is 1. The van der Waals surface area contributed by atoms with Crippen molar-refractivity contribution in [3.63, 3.8) is 0 Å². The van der Waals surface area contributed by atoms with Gasteiger partial charge in [0.15, 0.2) is 5.76 Å². The minimum absolute atomic E-state index is 0.0252. The van der Waals surface area contributed by atoms with Gasteiger partial charge in [-0.05, 0) is 43.2 Å². The maximum Gasteiger partial charge on any atom is 0.433 e. The monoisotopic (exact) mass is 404 g/mol. The predicted molar refractivity (Wildman–Crippen MR) is 102 cm³/mol. The Morgan fingerprint density at radius 1 is 1.36 bits per heavy atom. The molecule has 0 spiro atoms. The van der Waals surface area contributed by atoms with Crippen LogP contribution in [0.5, 0.6) is 0 Å². The molecular weight excluding hydrogens is 384 g/mol. The first kappa shape index (κ1) is 19.9. The van der Waals surface area contributed by atoms with E-state index in [4.69, 9.17) is 4.42 Å². The number of carbonyl (C=O) groups excluding carboxylic acids is 2. The molecule has 1 saturated heterocycles. The molecule has 0 aliphatic carbocycles. The van der Waals surface area contributed by atoms with Gasteiger partial charge in [0.05, 0.1) is 11.6 Å². The van der Waals surface area contributed by atoms with Crippen molar-refractivity contribution in [1.82, 2.24) is 15.2 Å². The van der Waals surface area contributed by atoms with Gasteiger partial charge in [-0.25, -0.2) is 4.98 Å². The van der Waals surface area contributed by atoms with Crippen molar-refractivity contribution in [2.75, 3.05) is 25.9 Å². The van der Waals surface area contributed by atoms with E-state index in [1.807, 2.05) is 11.2 Å². The molecule has 0 radical (unpaired) electrons. The fraction of sp³-hybridized carbons (Fsp3) is 0.389. The smallest absolute Gasteiger partial charge is 0.395 e. The first-order valence-corrected chi connectivity index (χ1v) is 10.0. The van der Waals surface area contributed by atoms with Crippen molar-refractivity contribution >= 4 is 29.5 Å². The number of amides is 2. The second-order valence-corrected chi connectivity index (χ2v) is 7.20. The number of thioether (sulfide) groups is 1. The van der Waals surface area contributed by atoms with Gasteiger partial charge in [0, 0.05) is 25.8 Å². The highest BCUT2D eigenvalue weighted by atomic mass is 32.2. The summed E-state index contributed by atoms with van der Waals surface area (Å²) in [7, 11) is 0. The molecule has 3 rings (SSSR count). The summed E-state index contributed by atoms with van der Waals surface area (Å²) in [6.45, 7) is 1.64. The zero-order chi connectivity index (χ0) is 20.1. The van der Waals surface area contributed by atoms with E-state index in [1.165, 1.54) is 17.8 Å². The van der Waals surface area contributed by atoms with Gasteiger partial charge in [0.1, 0.15) is 9.95 Å². The summed E-state index contributed by atoms with van der Waals surface area (Å²) in [5.41, 5.74) is 0.612. The number of furan rings is 1. The fourth-order valence-electron chi connectivity index (χ4n) is 3.10. The van der Waals surface area contributed by atoms with Crippen LogP contribution in [0.2, 0.25) is 0 Å². The van der Waals surface area contributed by atoms with Crippen LogP contribution in [0.4, 0.5) is 5.88 Å². The van der Waals surface area contributed by atoms with Gasteiger partial charge in [0.2, 0.25) is 0 Å². The molecule has 148 valence electrons. The lowest BCUT2D eigenvalue weighted by Gasteiger charge is -2.32. The van der Waals surface area contributed by atoms with E-state index in [9.17, 15) is 19.7 Å². The van der Waals surface area contributed by atoms with Gasteiger partial charge >= 0.3 is 5.88 Å². The van der Waals surface area contributed by atoms with Crippen molar-refractivity contribution in [3.05, 3.63) is 51.9 Å². The Morgan fingerprint density at radius 2 is 2.11 bits per heavy atom. The molecule has 2 amide bonds. The minimum Gasteiger partial charge on any atom is -0.395 e. The summed E-state index contributed by atoms with van der Waals surface area (Å²) in [4.78, 5) is 40.8. The van der Waals surface area contributed by atoms with Gasteiger partial charge in [-0.1, -0.05) is 0 Å². The van der Waals surface area contributed by atoms with E-state index in [1.54, 1.807) is 18.3 Å². The summed E-state index contributed by atoms with van der Waals surface area (Å²) in [6, 6.07) is 5.98. The van der Waals surface area contributed by atoms with E-state index in [-0.39, 0.29) is 17.6 Å². The predicted octanol–water partition coefficient (Wildman–Crippen LogP) is 2.59. The molecule has 0 unspecified atom stereocenters. The number of nitro groups is 1. The fourth-order valence-corrected chi connectivity index (χ4v) is 3.64. The number of carbonyl (C=O) groups is 2. The van der Waals surface area contributed by atoms with E-state index in [2.05, 4.69) is 10.3 Å². The SMILES string of the molecule is CSc1ncccc1C(=O)N1CCC(CNC(=O)c2ccc([N+](=O)[O-])o2)CC1. The molecule has 3 heterocycles. The number of aromatic nitrogens is 1. The summed E-state index contributed by atoms with van der Waals surface area (Å²) in [6.07, 6.45) is 5.09. The highest BCUT2D eigenvalue weighted by Gasteiger charge is 2.26. The quantitative estimate of drug-likeness (QED) is 0.446. The Balaban J connectivity index is 1.49. The molecule has 9 nitrogen and oxygen atoms in total. The molecule has 28 heavy (non-hydrogen) atoms. The summed E-state index contributed by atoms with van der Waals surface area (Å²) in [5.74, 6) is -0.821. The average Bonchev–Trinajstić information content (AvgIpc) is 3.22. The number of likely N-dealkylation sites (tertiary alicyclic amines) is 1. The first-order valence-electron chi connectivity index (χ1n) is 8.80. The molecule has 2 aromatic rings. The Hall–Kier alpha value is -2.88. The molecule has 0 atom stereocenters. The van der Waals surface area contributed by atoms with Gasteiger partial charge in [-0.3, -0.25) is 19.7 Å². The van der Waals surface area contributed by atoms with Crippen molar-refractivity contribution < 1.29 is 18.9 Å². The first-order chi connectivity index (χ1) is 13.5. The van der Waals surface area contributed by atoms with Crippen LogP contribution in [0.3, 0.4) is 0 Å². The maximum absolute atomic E-state index is 12.7. The second-order valence-electron chi connectivity index (χ2n) is 6.40. The maximum atomic E-state index is 12.7. The number of rotatable bonds is 6. The molecule has 0 bridgehead atoms.